The fraction of sp³-hybridized carbons (Fsp3) is 0.0625. The molecule has 132 valence electrons. The number of nitro groups is 1. The van der Waals surface area contributed by atoms with Crippen LogP contribution in [0.4, 0.5) is 11.4 Å². The number of nitro benzene ring substituents is 1. The van der Waals surface area contributed by atoms with Crippen molar-refractivity contribution in [3.05, 3.63) is 62.7 Å². The van der Waals surface area contributed by atoms with E-state index in [1.165, 1.54) is 18.2 Å². The topological polar surface area (TPSA) is 127 Å². The summed E-state index contributed by atoms with van der Waals surface area (Å²) in [6.45, 7) is -0.524. The number of H-pyrrole nitrogens is 1. The van der Waals surface area contributed by atoms with Crippen molar-refractivity contribution in [3.8, 4) is 0 Å². The number of para-hydroxylation sites is 1. The van der Waals surface area contributed by atoms with Crippen molar-refractivity contribution >= 4 is 50.1 Å². The molecule has 0 aliphatic heterocycles. The van der Waals surface area contributed by atoms with Crippen molar-refractivity contribution < 1.29 is 19.2 Å². The van der Waals surface area contributed by atoms with Crippen LogP contribution < -0.4 is 5.32 Å². The predicted octanol–water partition coefficient (Wildman–Crippen LogP) is 3.03. The number of hydrogen-bond donors (Lipinski definition) is 2. The Morgan fingerprint density at radius 3 is 2.77 bits per heavy atom. The zero-order chi connectivity index (χ0) is 18.7. The number of non-ortho nitro benzene ring substituents is 1. The zero-order valence-electron chi connectivity index (χ0n) is 13.1. The molecule has 2 aromatic carbocycles. The van der Waals surface area contributed by atoms with E-state index in [-0.39, 0.29) is 11.4 Å². The maximum absolute atomic E-state index is 12.1. The van der Waals surface area contributed by atoms with Crippen LogP contribution in [0.15, 0.2) is 46.9 Å². The normalized spacial score (nSPS) is 10.5. The summed E-state index contributed by atoms with van der Waals surface area (Å²) in [5.41, 5.74) is 0.970. The summed E-state index contributed by atoms with van der Waals surface area (Å²) < 4.78 is 5.31. The number of nitrogens with zero attached hydrogens (tertiary/aromatic N) is 2. The van der Waals surface area contributed by atoms with Crippen molar-refractivity contribution in [1.82, 2.24) is 10.2 Å². The summed E-state index contributed by atoms with van der Waals surface area (Å²) in [5, 5.41) is 20.4. The lowest BCUT2D eigenvalue weighted by molar-refractivity contribution is -0.384. The number of anilines is 1. The molecular weight excluding hydrogens is 408 g/mol. The summed E-state index contributed by atoms with van der Waals surface area (Å²) in [5.74, 6) is -1.33. The van der Waals surface area contributed by atoms with Crippen LogP contribution in [0, 0.1) is 10.1 Å². The number of nitrogens with one attached hydrogen (secondary N) is 2. The van der Waals surface area contributed by atoms with Crippen molar-refractivity contribution in [2.24, 2.45) is 0 Å². The summed E-state index contributed by atoms with van der Waals surface area (Å²) in [6.07, 6.45) is 0. The second kappa shape index (κ2) is 7.31. The van der Waals surface area contributed by atoms with Crippen molar-refractivity contribution in [1.29, 1.82) is 0 Å². The summed E-state index contributed by atoms with van der Waals surface area (Å²) in [7, 11) is 0. The highest BCUT2D eigenvalue weighted by atomic mass is 79.9. The number of amides is 1. The van der Waals surface area contributed by atoms with E-state index < -0.39 is 23.4 Å². The van der Waals surface area contributed by atoms with E-state index >= 15 is 0 Å². The lowest BCUT2D eigenvalue weighted by Gasteiger charge is -2.07. The first-order valence-corrected chi connectivity index (χ1v) is 8.09. The van der Waals surface area contributed by atoms with Gasteiger partial charge in [-0.05, 0) is 28.1 Å². The second-order valence-corrected chi connectivity index (χ2v) is 6.02. The predicted molar refractivity (Wildman–Crippen MR) is 95.8 cm³/mol. The molecule has 0 aliphatic rings. The van der Waals surface area contributed by atoms with E-state index in [4.69, 9.17) is 4.74 Å². The molecule has 9 nitrogen and oxygen atoms in total. The molecule has 0 bridgehead atoms. The number of esters is 1. The van der Waals surface area contributed by atoms with Gasteiger partial charge in [0.1, 0.15) is 0 Å². The Morgan fingerprint density at radius 1 is 1.27 bits per heavy atom. The highest BCUT2D eigenvalue weighted by Gasteiger charge is 2.17. The molecular formula is C16H11BrN4O5. The van der Waals surface area contributed by atoms with Crippen molar-refractivity contribution in [3.63, 3.8) is 0 Å². The molecule has 3 rings (SSSR count). The smallest absolute Gasteiger partial charge is 0.359 e. The SMILES string of the molecule is O=C(COC(=O)c1n[nH]c2ccccc12)Nc1ccc([N+](=O)[O-])cc1Br. The van der Waals surface area contributed by atoms with Crippen LogP contribution in [0.1, 0.15) is 10.5 Å². The second-order valence-electron chi connectivity index (χ2n) is 5.16. The maximum Gasteiger partial charge on any atom is 0.359 e. The van der Waals surface area contributed by atoms with Gasteiger partial charge in [0, 0.05) is 22.0 Å². The molecule has 0 aliphatic carbocycles. The number of fused-ring (bicyclic) bond motifs is 1. The lowest BCUT2D eigenvalue weighted by atomic mass is 10.2. The minimum atomic E-state index is -0.736. The van der Waals surface area contributed by atoms with Crippen LogP contribution in [0.2, 0.25) is 0 Å². The molecule has 0 unspecified atom stereocenters. The van der Waals surface area contributed by atoms with Gasteiger partial charge in [-0.15, -0.1) is 0 Å². The fourth-order valence-electron chi connectivity index (χ4n) is 2.22. The molecule has 0 atom stereocenters. The van der Waals surface area contributed by atoms with Gasteiger partial charge in [-0.25, -0.2) is 4.79 Å². The van der Waals surface area contributed by atoms with E-state index in [0.29, 0.717) is 21.1 Å². The summed E-state index contributed by atoms with van der Waals surface area (Å²) in [6, 6.07) is 10.9. The highest BCUT2D eigenvalue weighted by molar-refractivity contribution is 9.10. The summed E-state index contributed by atoms with van der Waals surface area (Å²) >= 11 is 3.14. The molecule has 0 saturated heterocycles. The minimum Gasteiger partial charge on any atom is -0.451 e. The van der Waals surface area contributed by atoms with Gasteiger partial charge in [0.15, 0.2) is 12.3 Å². The zero-order valence-corrected chi connectivity index (χ0v) is 14.6. The van der Waals surface area contributed by atoms with Crippen molar-refractivity contribution in [2.45, 2.75) is 0 Å². The molecule has 1 amide bonds. The van der Waals surface area contributed by atoms with Gasteiger partial charge >= 0.3 is 5.97 Å². The lowest BCUT2D eigenvalue weighted by Crippen LogP contribution is -2.21. The van der Waals surface area contributed by atoms with E-state index in [9.17, 15) is 19.7 Å². The third-order valence-electron chi connectivity index (χ3n) is 3.44. The van der Waals surface area contributed by atoms with Gasteiger partial charge in [-0.3, -0.25) is 20.0 Å². The van der Waals surface area contributed by atoms with Crippen LogP contribution >= 0.6 is 15.9 Å². The first-order valence-electron chi connectivity index (χ1n) is 7.29. The highest BCUT2D eigenvalue weighted by Crippen LogP contribution is 2.27. The monoisotopic (exact) mass is 418 g/mol. The number of halogens is 1. The molecule has 0 radical (unpaired) electrons. The van der Waals surface area contributed by atoms with Crippen LogP contribution in [-0.4, -0.2) is 33.6 Å². The third-order valence-corrected chi connectivity index (χ3v) is 4.09. The number of aromatic amines is 1. The molecule has 0 saturated carbocycles. The molecule has 1 heterocycles. The van der Waals surface area contributed by atoms with Crippen LogP contribution in [-0.2, 0) is 9.53 Å². The van der Waals surface area contributed by atoms with Gasteiger partial charge in [0.2, 0.25) is 0 Å². The molecule has 0 spiro atoms. The number of carbonyl (C=O) groups excluding carboxylic acids is 2. The first-order chi connectivity index (χ1) is 12.5. The fourth-order valence-corrected chi connectivity index (χ4v) is 2.69. The number of aromatic nitrogens is 2. The molecule has 26 heavy (non-hydrogen) atoms. The Labute approximate surface area is 154 Å². The molecule has 3 aromatic rings. The van der Waals surface area contributed by atoms with Crippen LogP contribution in [0.25, 0.3) is 10.9 Å². The van der Waals surface area contributed by atoms with Gasteiger partial charge in [-0.1, -0.05) is 18.2 Å². The van der Waals surface area contributed by atoms with Gasteiger partial charge in [0.25, 0.3) is 11.6 Å². The number of carbonyl (C=O) groups is 2. The number of ether oxygens (including phenoxy) is 1. The molecule has 1 aromatic heterocycles. The van der Waals surface area contributed by atoms with Crippen LogP contribution in [0.5, 0.6) is 0 Å². The standard InChI is InChI=1S/C16H11BrN4O5/c17-11-7-9(21(24)25)5-6-13(11)18-14(22)8-26-16(23)15-10-3-1-2-4-12(10)19-20-15/h1-7H,8H2,(H,18,22)(H,19,20). The number of hydrogen-bond acceptors (Lipinski definition) is 6. The molecule has 10 heteroatoms. The van der Waals surface area contributed by atoms with E-state index in [0.717, 1.165) is 0 Å². The minimum absolute atomic E-state index is 0.0879. The average molecular weight is 419 g/mol. The summed E-state index contributed by atoms with van der Waals surface area (Å²) in [4.78, 5) is 34.2. The Balaban J connectivity index is 1.62. The van der Waals surface area contributed by atoms with Crippen LogP contribution in [0.3, 0.4) is 0 Å². The Hall–Kier alpha value is -3.27. The average Bonchev–Trinajstić information content (AvgIpc) is 3.05. The molecule has 2 N–H and O–H groups in total. The first kappa shape index (κ1) is 17.5. The van der Waals surface area contributed by atoms with E-state index in [1.54, 1.807) is 24.3 Å². The quantitative estimate of drug-likeness (QED) is 0.372. The van der Waals surface area contributed by atoms with E-state index in [1.807, 2.05) is 0 Å². The number of benzene rings is 2. The van der Waals surface area contributed by atoms with Gasteiger partial charge in [-0.2, -0.15) is 5.10 Å². The largest absolute Gasteiger partial charge is 0.451 e. The Morgan fingerprint density at radius 2 is 2.04 bits per heavy atom. The number of rotatable bonds is 5. The van der Waals surface area contributed by atoms with E-state index in [2.05, 4.69) is 31.4 Å². The maximum atomic E-state index is 12.1. The van der Waals surface area contributed by atoms with Gasteiger partial charge in [0.05, 0.1) is 16.1 Å². The van der Waals surface area contributed by atoms with Gasteiger partial charge < -0.3 is 10.1 Å². The Bertz CT molecular complexity index is 1020. The Kier molecular flexibility index (Phi) is 4.94. The third kappa shape index (κ3) is 3.70. The molecule has 0 fully saturated rings. The van der Waals surface area contributed by atoms with Crippen molar-refractivity contribution in [2.75, 3.05) is 11.9 Å².